The summed E-state index contributed by atoms with van der Waals surface area (Å²) in [6.45, 7) is 7.37. The first kappa shape index (κ1) is 27.0. The van der Waals surface area contributed by atoms with Crippen LogP contribution in [0.4, 0.5) is 0 Å². The molecule has 2 aliphatic heterocycles. The Bertz CT molecular complexity index is 1280. The van der Waals surface area contributed by atoms with E-state index in [-0.39, 0.29) is 17.9 Å². The first-order valence-corrected chi connectivity index (χ1v) is 14.2. The molecule has 1 saturated heterocycles. The number of nitrogens with one attached hydrogen (secondary N) is 1. The maximum atomic E-state index is 13.7. The maximum Gasteiger partial charge on any atom is 0.243 e. The molecule has 0 spiro atoms. The molecule has 3 aromatic rings. The Kier molecular flexibility index (Phi) is 8.66. The van der Waals surface area contributed by atoms with E-state index in [1.54, 1.807) is 0 Å². The highest BCUT2D eigenvalue weighted by Crippen LogP contribution is 2.23. The lowest BCUT2D eigenvalue weighted by Gasteiger charge is -2.36. The van der Waals surface area contributed by atoms with Crippen molar-refractivity contribution in [1.29, 1.82) is 0 Å². The fourth-order valence-corrected chi connectivity index (χ4v) is 5.74. The minimum atomic E-state index is -0.447. The summed E-state index contributed by atoms with van der Waals surface area (Å²) in [4.78, 5) is 40.7. The number of hydrogen-bond donors (Lipinski definition) is 1. The van der Waals surface area contributed by atoms with E-state index >= 15 is 0 Å². The molecule has 206 valence electrons. The molecule has 0 saturated carbocycles. The molecule has 1 aromatic carbocycles. The van der Waals surface area contributed by atoms with E-state index in [4.69, 9.17) is 15.1 Å². The van der Waals surface area contributed by atoms with Crippen LogP contribution >= 0.6 is 0 Å². The molecule has 0 bridgehead atoms. The first-order valence-electron chi connectivity index (χ1n) is 14.2. The van der Waals surface area contributed by atoms with E-state index in [0.717, 1.165) is 55.1 Å². The van der Waals surface area contributed by atoms with E-state index in [1.165, 1.54) is 0 Å². The predicted molar refractivity (Wildman–Crippen MR) is 149 cm³/mol. The van der Waals surface area contributed by atoms with Gasteiger partial charge in [-0.2, -0.15) is 5.10 Å². The summed E-state index contributed by atoms with van der Waals surface area (Å²) in [6.07, 6.45) is 4.33. The van der Waals surface area contributed by atoms with Gasteiger partial charge in [-0.05, 0) is 70.2 Å². The van der Waals surface area contributed by atoms with Gasteiger partial charge >= 0.3 is 0 Å². The lowest BCUT2D eigenvalue weighted by atomic mass is 9.99. The molecule has 4 heterocycles. The summed E-state index contributed by atoms with van der Waals surface area (Å²) in [5, 5.41) is 8.02. The van der Waals surface area contributed by atoms with Crippen LogP contribution < -0.4 is 5.32 Å². The van der Waals surface area contributed by atoms with Crippen molar-refractivity contribution in [3.8, 4) is 0 Å². The van der Waals surface area contributed by atoms with Gasteiger partial charge in [-0.3, -0.25) is 19.5 Å². The van der Waals surface area contributed by atoms with Crippen LogP contribution in [0.15, 0.2) is 48.5 Å². The van der Waals surface area contributed by atoms with Gasteiger partial charge in [0.1, 0.15) is 17.7 Å². The predicted octanol–water partition coefficient (Wildman–Crippen LogP) is 3.37. The fraction of sp³-hybridized carbons (Fsp3) is 0.500. The van der Waals surface area contributed by atoms with Gasteiger partial charge in [0, 0.05) is 31.7 Å². The summed E-state index contributed by atoms with van der Waals surface area (Å²) in [5.74, 6) is 1.41. The van der Waals surface area contributed by atoms with Crippen LogP contribution in [0.3, 0.4) is 0 Å². The van der Waals surface area contributed by atoms with Gasteiger partial charge in [-0.1, -0.05) is 36.4 Å². The Hall–Kier alpha value is -3.59. The number of benzene rings is 1. The Balaban J connectivity index is 1.47. The lowest BCUT2D eigenvalue weighted by molar-refractivity contribution is -0.142. The summed E-state index contributed by atoms with van der Waals surface area (Å²) in [7, 11) is 0. The third-order valence-electron chi connectivity index (χ3n) is 7.67. The number of fused-ring (bicyclic) bond motifs is 2. The topological polar surface area (TPSA) is 96.3 Å². The standard InChI is InChI=1S/C30H39N7O2/c1-22-10-8-13-25(31-22)21-35-16-9-15-28(38)36-17-7-6-14-27(36)30(39)33-26(20-24-11-4-3-5-12-24)29-32-23(2)34-37(29)19-18-35/h3-5,8,10-13,26-27H,6-7,9,14-21H2,1-2H3,(H,33,39)/t26-,27+/m1/s1. The zero-order chi connectivity index (χ0) is 27.2. The Labute approximate surface area is 230 Å². The van der Waals surface area contributed by atoms with Gasteiger partial charge in [0.05, 0.1) is 18.3 Å². The van der Waals surface area contributed by atoms with Gasteiger partial charge in [0.25, 0.3) is 0 Å². The second-order valence-corrected chi connectivity index (χ2v) is 10.7. The van der Waals surface area contributed by atoms with Gasteiger partial charge in [0.15, 0.2) is 0 Å². The van der Waals surface area contributed by atoms with Crippen LogP contribution in [0, 0.1) is 13.8 Å². The number of piperidine rings is 1. The van der Waals surface area contributed by atoms with Crippen LogP contribution in [0.25, 0.3) is 0 Å². The fourth-order valence-electron chi connectivity index (χ4n) is 5.74. The number of aromatic nitrogens is 4. The van der Waals surface area contributed by atoms with Crippen molar-refractivity contribution in [2.24, 2.45) is 0 Å². The van der Waals surface area contributed by atoms with Crippen molar-refractivity contribution in [3.05, 3.63) is 77.1 Å². The van der Waals surface area contributed by atoms with Crippen LogP contribution in [-0.2, 0) is 29.1 Å². The van der Waals surface area contributed by atoms with Gasteiger partial charge in [0.2, 0.25) is 11.8 Å². The average Bonchev–Trinajstić information content (AvgIpc) is 3.31. The Morgan fingerprint density at radius 3 is 2.56 bits per heavy atom. The zero-order valence-electron chi connectivity index (χ0n) is 23.1. The van der Waals surface area contributed by atoms with Gasteiger partial charge in [-0.15, -0.1) is 0 Å². The summed E-state index contributed by atoms with van der Waals surface area (Å²) in [6, 6.07) is 15.4. The maximum absolute atomic E-state index is 13.7. The normalized spacial score (nSPS) is 21.5. The number of amides is 2. The lowest BCUT2D eigenvalue weighted by Crippen LogP contribution is -2.53. The van der Waals surface area contributed by atoms with Crippen molar-refractivity contribution in [2.75, 3.05) is 19.6 Å². The molecular formula is C30H39N7O2. The highest BCUT2D eigenvalue weighted by atomic mass is 16.2. The molecule has 1 N–H and O–H groups in total. The van der Waals surface area contributed by atoms with E-state index < -0.39 is 6.04 Å². The molecule has 0 unspecified atom stereocenters. The molecule has 9 heteroatoms. The number of nitrogens with zero attached hydrogens (tertiary/aromatic N) is 6. The SMILES string of the molecule is Cc1cccc(CN2CCCC(=O)N3CCCC[C@H]3C(=O)N[C@H](Cc3ccccc3)c3nc(C)nn3CC2)n1. The average molecular weight is 530 g/mol. The van der Waals surface area contributed by atoms with Crippen LogP contribution in [0.1, 0.15) is 66.7 Å². The van der Waals surface area contributed by atoms with Gasteiger partial charge in [-0.25, -0.2) is 9.67 Å². The largest absolute Gasteiger partial charge is 0.344 e. The first-order chi connectivity index (χ1) is 19.0. The number of hydrogen-bond acceptors (Lipinski definition) is 6. The van der Waals surface area contributed by atoms with Crippen molar-refractivity contribution in [2.45, 2.75) is 77.5 Å². The molecule has 2 aliphatic rings. The third kappa shape index (κ3) is 6.89. The van der Waals surface area contributed by atoms with Gasteiger partial charge < -0.3 is 10.2 Å². The minimum Gasteiger partial charge on any atom is -0.344 e. The quantitative estimate of drug-likeness (QED) is 0.557. The van der Waals surface area contributed by atoms with E-state index in [0.29, 0.717) is 44.7 Å². The minimum absolute atomic E-state index is 0.0687. The number of carbonyl (C=O) groups excluding carboxylic acids is 2. The molecule has 1 fully saturated rings. The molecule has 39 heavy (non-hydrogen) atoms. The highest BCUT2D eigenvalue weighted by Gasteiger charge is 2.34. The zero-order valence-corrected chi connectivity index (χ0v) is 23.1. The van der Waals surface area contributed by atoms with Crippen molar-refractivity contribution in [1.82, 2.24) is 34.9 Å². The van der Waals surface area contributed by atoms with E-state index in [2.05, 4.69) is 28.4 Å². The second kappa shape index (κ2) is 12.5. The van der Waals surface area contributed by atoms with Crippen LogP contribution in [-0.4, -0.2) is 67.0 Å². The summed E-state index contributed by atoms with van der Waals surface area (Å²) >= 11 is 0. The molecule has 5 rings (SSSR count). The number of rotatable bonds is 4. The summed E-state index contributed by atoms with van der Waals surface area (Å²) in [5.41, 5.74) is 3.12. The van der Waals surface area contributed by atoms with Crippen LogP contribution in [0.2, 0.25) is 0 Å². The van der Waals surface area contributed by atoms with Crippen molar-refractivity contribution >= 4 is 11.8 Å². The summed E-state index contributed by atoms with van der Waals surface area (Å²) < 4.78 is 1.95. The third-order valence-corrected chi connectivity index (χ3v) is 7.67. The molecule has 2 amide bonds. The molecule has 9 nitrogen and oxygen atoms in total. The molecular weight excluding hydrogens is 490 g/mol. The molecule has 0 aliphatic carbocycles. The number of carbonyl (C=O) groups is 2. The Morgan fingerprint density at radius 1 is 0.897 bits per heavy atom. The van der Waals surface area contributed by atoms with E-state index in [1.807, 2.05) is 53.8 Å². The molecule has 0 radical (unpaired) electrons. The second-order valence-electron chi connectivity index (χ2n) is 10.7. The smallest absolute Gasteiger partial charge is 0.243 e. The highest BCUT2D eigenvalue weighted by molar-refractivity contribution is 5.88. The molecule has 2 atom stereocenters. The van der Waals surface area contributed by atoms with Crippen molar-refractivity contribution in [3.63, 3.8) is 0 Å². The van der Waals surface area contributed by atoms with E-state index in [9.17, 15) is 9.59 Å². The number of pyridine rings is 1. The molecule has 2 aromatic heterocycles. The number of aryl methyl sites for hydroxylation is 2. The van der Waals surface area contributed by atoms with Crippen LogP contribution in [0.5, 0.6) is 0 Å². The van der Waals surface area contributed by atoms with Crippen molar-refractivity contribution < 1.29 is 9.59 Å². The monoisotopic (exact) mass is 529 g/mol. The Morgan fingerprint density at radius 2 is 1.74 bits per heavy atom.